The van der Waals surface area contributed by atoms with Crippen LogP contribution in [-0.4, -0.2) is 10.1 Å². The maximum atomic E-state index is 4.95. The Balaban J connectivity index is 2.19. The van der Waals surface area contributed by atoms with Gasteiger partial charge in [-0.3, -0.25) is 0 Å². The fraction of sp³-hybridized carbons (Fsp3) is 0.385. The first-order valence-corrected chi connectivity index (χ1v) is 5.55. The summed E-state index contributed by atoms with van der Waals surface area (Å²) in [5.74, 6) is 1.94. The fourth-order valence-electron chi connectivity index (χ4n) is 1.68. The monoisotopic (exact) mass is 216 g/mol. The van der Waals surface area contributed by atoms with Gasteiger partial charge in [-0.2, -0.15) is 4.98 Å². The minimum Gasteiger partial charge on any atom is -0.339 e. The summed E-state index contributed by atoms with van der Waals surface area (Å²) in [6.45, 7) is 6.23. The number of aryl methyl sites for hydroxylation is 1. The van der Waals surface area contributed by atoms with E-state index in [9.17, 15) is 0 Å². The Kier molecular flexibility index (Phi) is 3.04. The first-order chi connectivity index (χ1) is 7.65. The molecule has 0 aliphatic rings. The van der Waals surface area contributed by atoms with E-state index in [0.717, 1.165) is 12.0 Å². The van der Waals surface area contributed by atoms with Crippen LogP contribution in [0.1, 0.15) is 25.3 Å². The molecular formula is C13H16N2O. The molecule has 0 amide bonds. The number of nitrogens with zero attached hydrogens (tertiary/aromatic N) is 2. The molecule has 0 saturated carbocycles. The molecule has 0 saturated heterocycles. The average Bonchev–Trinajstić information content (AvgIpc) is 2.65. The SMILES string of the molecule is Cc1nc(-c2ccc(CC(C)C)cc2)no1. The third kappa shape index (κ3) is 2.48. The summed E-state index contributed by atoms with van der Waals surface area (Å²) in [5.41, 5.74) is 2.35. The minimum absolute atomic E-state index is 0.598. The highest BCUT2D eigenvalue weighted by Crippen LogP contribution is 2.17. The predicted octanol–water partition coefficient (Wildman–Crippen LogP) is 3.24. The van der Waals surface area contributed by atoms with Gasteiger partial charge in [0.25, 0.3) is 0 Å². The lowest BCUT2D eigenvalue weighted by Crippen LogP contribution is -1.93. The molecule has 1 aromatic heterocycles. The topological polar surface area (TPSA) is 38.9 Å². The minimum atomic E-state index is 0.598. The largest absolute Gasteiger partial charge is 0.339 e. The summed E-state index contributed by atoms with van der Waals surface area (Å²) in [6, 6.07) is 8.34. The van der Waals surface area contributed by atoms with Gasteiger partial charge in [-0.05, 0) is 17.9 Å². The Hall–Kier alpha value is -1.64. The molecule has 0 N–H and O–H groups in total. The Morgan fingerprint density at radius 2 is 1.88 bits per heavy atom. The van der Waals surface area contributed by atoms with Crippen molar-refractivity contribution in [1.82, 2.24) is 10.1 Å². The van der Waals surface area contributed by atoms with Gasteiger partial charge in [0.05, 0.1) is 0 Å². The van der Waals surface area contributed by atoms with Crippen molar-refractivity contribution in [1.29, 1.82) is 0 Å². The Bertz CT molecular complexity index is 457. The summed E-state index contributed by atoms with van der Waals surface area (Å²) in [7, 11) is 0. The van der Waals surface area contributed by atoms with E-state index in [1.54, 1.807) is 6.92 Å². The standard InChI is InChI=1S/C13H16N2O/c1-9(2)8-11-4-6-12(7-5-11)13-14-10(3)16-15-13/h4-7,9H,8H2,1-3H3. The predicted molar refractivity (Wildman–Crippen MR) is 63.0 cm³/mol. The van der Waals surface area contributed by atoms with Crippen LogP contribution in [0, 0.1) is 12.8 Å². The van der Waals surface area contributed by atoms with Crippen molar-refractivity contribution in [3.05, 3.63) is 35.7 Å². The van der Waals surface area contributed by atoms with Crippen LogP contribution in [0.2, 0.25) is 0 Å². The van der Waals surface area contributed by atoms with Gasteiger partial charge in [0.2, 0.25) is 11.7 Å². The molecule has 0 unspecified atom stereocenters. The van der Waals surface area contributed by atoms with E-state index in [1.165, 1.54) is 5.56 Å². The quantitative estimate of drug-likeness (QED) is 0.790. The third-order valence-electron chi connectivity index (χ3n) is 2.38. The highest BCUT2D eigenvalue weighted by Gasteiger charge is 2.05. The van der Waals surface area contributed by atoms with Gasteiger partial charge >= 0.3 is 0 Å². The van der Waals surface area contributed by atoms with Crippen LogP contribution >= 0.6 is 0 Å². The summed E-state index contributed by atoms with van der Waals surface area (Å²) in [6.07, 6.45) is 1.10. The third-order valence-corrected chi connectivity index (χ3v) is 2.38. The molecule has 2 rings (SSSR count). The summed E-state index contributed by atoms with van der Waals surface area (Å²) in [5, 5.41) is 3.89. The van der Waals surface area contributed by atoms with Crippen molar-refractivity contribution in [2.24, 2.45) is 5.92 Å². The first kappa shape index (κ1) is 10.9. The smallest absolute Gasteiger partial charge is 0.223 e. The molecular weight excluding hydrogens is 200 g/mol. The Morgan fingerprint density at radius 1 is 1.19 bits per heavy atom. The molecule has 0 atom stereocenters. The lowest BCUT2D eigenvalue weighted by atomic mass is 10.0. The van der Waals surface area contributed by atoms with Gasteiger partial charge in [0.1, 0.15) is 0 Å². The molecule has 3 heteroatoms. The zero-order valence-corrected chi connectivity index (χ0v) is 9.90. The van der Waals surface area contributed by atoms with Gasteiger partial charge < -0.3 is 4.52 Å². The maximum absolute atomic E-state index is 4.95. The van der Waals surface area contributed by atoms with E-state index in [-0.39, 0.29) is 0 Å². The van der Waals surface area contributed by atoms with E-state index in [2.05, 4.69) is 36.1 Å². The van der Waals surface area contributed by atoms with Crippen molar-refractivity contribution < 1.29 is 4.52 Å². The van der Waals surface area contributed by atoms with Crippen molar-refractivity contribution in [2.75, 3.05) is 0 Å². The van der Waals surface area contributed by atoms with Crippen LogP contribution in [0.25, 0.3) is 11.4 Å². The van der Waals surface area contributed by atoms with Crippen molar-refractivity contribution in [3.8, 4) is 11.4 Å². The molecule has 1 aromatic carbocycles. The lowest BCUT2D eigenvalue weighted by Gasteiger charge is -2.04. The van der Waals surface area contributed by atoms with E-state index in [1.807, 2.05) is 12.1 Å². The molecule has 0 aliphatic carbocycles. The number of benzene rings is 1. The van der Waals surface area contributed by atoms with Crippen LogP contribution in [0.4, 0.5) is 0 Å². The second kappa shape index (κ2) is 4.47. The summed E-state index contributed by atoms with van der Waals surface area (Å²) < 4.78 is 4.95. The molecule has 0 spiro atoms. The number of rotatable bonds is 3. The number of hydrogen-bond acceptors (Lipinski definition) is 3. The Morgan fingerprint density at radius 3 is 2.38 bits per heavy atom. The van der Waals surface area contributed by atoms with Crippen LogP contribution in [0.5, 0.6) is 0 Å². The van der Waals surface area contributed by atoms with Crippen LogP contribution in [-0.2, 0) is 6.42 Å². The molecule has 0 aliphatic heterocycles. The zero-order chi connectivity index (χ0) is 11.5. The second-order valence-corrected chi connectivity index (χ2v) is 4.43. The fourth-order valence-corrected chi connectivity index (χ4v) is 1.68. The lowest BCUT2D eigenvalue weighted by molar-refractivity contribution is 0.394. The van der Waals surface area contributed by atoms with Crippen molar-refractivity contribution in [2.45, 2.75) is 27.2 Å². The van der Waals surface area contributed by atoms with Gasteiger partial charge in [0.15, 0.2) is 0 Å². The van der Waals surface area contributed by atoms with Gasteiger partial charge in [-0.1, -0.05) is 43.3 Å². The van der Waals surface area contributed by atoms with E-state index < -0.39 is 0 Å². The second-order valence-electron chi connectivity index (χ2n) is 4.43. The van der Waals surface area contributed by atoms with Crippen LogP contribution in [0.3, 0.4) is 0 Å². The molecule has 0 bridgehead atoms. The molecule has 84 valence electrons. The van der Waals surface area contributed by atoms with E-state index in [0.29, 0.717) is 17.6 Å². The van der Waals surface area contributed by atoms with Crippen molar-refractivity contribution >= 4 is 0 Å². The van der Waals surface area contributed by atoms with Crippen LogP contribution in [0.15, 0.2) is 28.8 Å². The molecule has 3 nitrogen and oxygen atoms in total. The zero-order valence-electron chi connectivity index (χ0n) is 9.90. The number of aromatic nitrogens is 2. The van der Waals surface area contributed by atoms with Gasteiger partial charge in [-0.15, -0.1) is 0 Å². The molecule has 0 fully saturated rings. The van der Waals surface area contributed by atoms with Crippen LogP contribution < -0.4 is 0 Å². The number of hydrogen-bond donors (Lipinski definition) is 0. The first-order valence-electron chi connectivity index (χ1n) is 5.55. The highest BCUT2D eigenvalue weighted by atomic mass is 16.5. The average molecular weight is 216 g/mol. The summed E-state index contributed by atoms with van der Waals surface area (Å²) >= 11 is 0. The Labute approximate surface area is 95.5 Å². The molecule has 2 aromatic rings. The van der Waals surface area contributed by atoms with Crippen molar-refractivity contribution in [3.63, 3.8) is 0 Å². The van der Waals surface area contributed by atoms with E-state index >= 15 is 0 Å². The van der Waals surface area contributed by atoms with E-state index in [4.69, 9.17) is 4.52 Å². The molecule has 0 radical (unpaired) electrons. The van der Waals surface area contributed by atoms with Gasteiger partial charge in [0, 0.05) is 12.5 Å². The maximum Gasteiger partial charge on any atom is 0.223 e. The normalized spacial score (nSPS) is 11.0. The molecule has 1 heterocycles. The summed E-state index contributed by atoms with van der Waals surface area (Å²) in [4.78, 5) is 4.19. The van der Waals surface area contributed by atoms with Gasteiger partial charge in [-0.25, -0.2) is 0 Å². The highest BCUT2D eigenvalue weighted by molar-refractivity contribution is 5.54. The molecule has 16 heavy (non-hydrogen) atoms.